The van der Waals surface area contributed by atoms with Gasteiger partial charge in [-0.05, 0) is 119 Å². The van der Waals surface area contributed by atoms with E-state index in [4.69, 9.17) is 0 Å². The Morgan fingerprint density at radius 2 is 0.564 bits per heavy atom. The van der Waals surface area contributed by atoms with Crippen molar-refractivity contribution < 1.29 is 9.59 Å². The number of benzene rings is 8. The molecule has 2 amide bonds. The number of fused-ring (bicyclic) bond motifs is 1. The number of anilines is 7. The maximum Gasteiger partial charge on any atom is 0.266 e. The molecule has 0 spiro atoms. The molecule has 262 valence electrons. The smallest absolute Gasteiger partial charge is 0.266 e. The molecule has 0 fully saturated rings. The first-order valence-corrected chi connectivity index (χ1v) is 18.3. The topological polar surface area (TPSA) is 43.9 Å². The fraction of sp³-hybridized carbons (Fsp3) is 0. The number of imide groups is 1. The maximum atomic E-state index is 14.0. The Balaban J connectivity index is 1.16. The van der Waals surface area contributed by atoms with Gasteiger partial charge in [-0.15, -0.1) is 0 Å². The van der Waals surface area contributed by atoms with Crippen LogP contribution in [0.25, 0.3) is 22.3 Å². The number of carbonyl (C=O) groups is 2. The van der Waals surface area contributed by atoms with Gasteiger partial charge >= 0.3 is 0 Å². The third-order valence-electron chi connectivity index (χ3n) is 9.97. The number of amides is 2. The van der Waals surface area contributed by atoms with Crippen molar-refractivity contribution >= 4 is 51.6 Å². The molecule has 5 heteroatoms. The van der Waals surface area contributed by atoms with Gasteiger partial charge in [0.1, 0.15) is 0 Å². The quantitative estimate of drug-likeness (QED) is 0.140. The second-order valence-electron chi connectivity index (χ2n) is 13.3. The van der Waals surface area contributed by atoms with E-state index < -0.39 is 0 Å². The average molecular weight is 710 g/mol. The fourth-order valence-corrected chi connectivity index (χ4v) is 7.36. The van der Waals surface area contributed by atoms with E-state index in [0.717, 1.165) is 56.4 Å². The number of para-hydroxylation sites is 5. The van der Waals surface area contributed by atoms with E-state index in [1.807, 2.05) is 103 Å². The molecule has 0 N–H and O–H groups in total. The first-order valence-electron chi connectivity index (χ1n) is 18.3. The van der Waals surface area contributed by atoms with Gasteiger partial charge < -0.3 is 9.80 Å². The van der Waals surface area contributed by atoms with Gasteiger partial charge in [-0.1, -0.05) is 115 Å². The maximum absolute atomic E-state index is 14.0. The van der Waals surface area contributed by atoms with Gasteiger partial charge in [-0.2, -0.15) is 0 Å². The van der Waals surface area contributed by atoms with Gasteiger partial charge in [0.15, 0.2) is 0 Å². The van der Waals surface area contributed by atoms with Crippen LogP contribution in [0.2, 0.25) is 0 Å². The van der Waals surface area contributed by atoms with Crippen molar-refractivity contribution in [3.63, 3.8) is 0 Å². The second kappa shape index (κ2) is 14.5. The lowest BCUT2D eigenvalue weighted by molar-refractivity contribution is 0.0926. The zero-order valence-corrected chi connectivity index (χ0v) is 29.9. The molecular weight excluding hydrogens is 675 g/mol. The predicted octanol–water partition coefficient (Wildman–Crippen LogP) is 12.8. The summed E-state index contributed by atoms with van der Waals surface area (Å²) in [7, 11) is 0. The summed E-state index contributed by atoms with van der Waals surface area (Å²) >= 11 is 0. The summed E-state index contributed by atoms with van der Waals surface area (Å²) < 4.78 is 0. The van der Waals surface area contributed by atoms with Crippen LogP contribution in [0.15, 0.2) is 212 Å². The van der Waals surface area contributed by atoms with E-state index >= 15 is 0 Å². The lowest BCUT2D eigenvalue weighted by Gasteiger charge is -2.26. The van der Waals surface area contributed by atoms with Gasteiger partial charge in [0.2, 0.25) is 0 Å². The minimum atomic E-state index is -0.327. The minimum absolute atomic E-state index is 0.327. The highest BCUT2D eigenvalue weighted by molar-refractivity contribution is 6.35. The van der Waals surface area contributed by atoms with Crippen LogP contribution in [0.4, 0.5) is 39.8 Å². The van der Waals surface area contributed by atoms with Crippen LogP contribution in [0.3, 0.4) is 0 Å². The van der Waals surface area contributed by atoms with E-state index in [2.05, 4.69) is 107 Å². The summed E-state index contributed by atoms with van der Waals surface area (Å²) in [5.41, 5.74) is 11.1. The Labute approximate surface area is 320 Å². The zero-order chi connectivity index (χ0) is 37.1. The summed E-state index contributed by atoms with van der Waals surface area (Å²) in [5.74, 6) is -0.654. The van der Waals surface area contributed by atoms with Crippen molar-refractivity contribution in [3.05, 3.63) is 223 Å². The van der Waals surface area contributed by atoms with Crippen molar-refractivity contribution in [2.45, 2.75) is 0 Å². The van der Waals surface area contributed by atoms with Crippen LogP contribution in [0.1, 0.15) is 20.7 Å². The van der Waals surface area contributed by atoms with E-state index in [1.165, 1.54) is 4.90 Å². The molecule has 0 aromatic heterocycles. The molecule has 0 radical (unpaired) electrons. The van der Waals surface area contributed by atoms with Crippen molar-refractivity contribution in [1.82, 2.24) is 0 Å². The molecule has 0 atom stereocenters. The Morgan fingerprint density at radius 1 is 0.291 bits per heavy atom. The SMILES string of the molecule is O=C1c2cc(-c3ccc(N(c4ccccc4)c4ccccc4)cc3)c(-c3ccc(N(c4ccccc4)c4ccccc4)cc3)cc2C(=O)N1c1ccccc1. The normalized spacial score (nSPS) is 12.0. The van der Waals surface area contributed by atoms with Crippen LogP contribution in [0.5, 0.6) is 0 Å². The summed E-state index contributed by atoms with van der Waals surface area (Å²) in [6.07, 6.45) is 0. The van der Waals surface area contributed by atoms with Crippen molar-refractivity contribution in [2.75, 3.05) is 14.7 Å². The molecule has 0 aliphatic carbocycles. The first kappa shape index (κ1) is 33.3. The lowest BCUT2D eigenvalue weighted by Crippen LogP contribution is -2.29. The van der Waals surface area contributed by atoms with Crippen molar-refractivity contribution in [2.24, 2.45) is 0 Å². The fourth-order valence-electron chi connectivity index (χ4n) is 7.36. The van der Waals surface area contributed by atoms with Crippen molar-refractivity contribution in [1.29, 1.82) is 0 Å². The third-order valence-corrected chi connectivity index (χ3v) is 9.97. The molecule has 1 heterocycles. The monoisotopic (exact) mass is 709 g/mol. The molecule has 55 heavy (non-hydrogen) atoms. The number of carbonyl (C=O) groups excluding carboxylic acids is 2. The van der Waals surface area contributed by atoms with Gasteiger partial charge in [-0.3, -0.25) is 9.59 Å². The van der Waals surface area contributed by atoms with Crippen LogP contribution in [0, 0.1) is 0 Å². The van der Waals surface area contributed by atoms with Crippen molar-refractivity contribution in [3.8, 4) is 22.3 Å². The Hall–Kier alpha value is -7.50. The van der Waals surface area contributed by atoms with Crippen LogP contribution < -0.4 is 14.7 Å². The summed E-state index contributed by atoms with van der Waals surface area (Å²) in [6.45, 7) is 0. The third kappa shape index (κ3) is 6.34. The van der Waals surface area contributed by atoms with E-state index in [1.54, 1.807) is 12.1 Å². The average Bonchev–Trinajstić information content (AvgIpc) is 3.50. The molecule has 5 nitrogen and oxygen atoms in total. The van der Waals surface area contributed by atoms with Gasteiger partial charge in [0.25, 0.3) is 11.8 Å². The molecule has 0 saturated heterocycles. The molecule has 0 unspecified atom stereocenters. The van der Waals surface area contributed by atoms with E-state index in [9.17, 15) is 9.59 Å². The Bertz CT molecular complexity index is 2350. The Kier molecular flexibility index (Phi) is 8.79. The van der Waals surface area contributed by atoms with Gasteiger partial charge in [0, 0.05) is 34.1 Å². The molecular formula is C50H35N3O2. The van der Waals surface area contributed by atoms with Crippen LogP contribution in [-0.2, 0) is 0 Å². The van der Waals surface area contributed by atoms with Crippen LogP contribution in [-0.4, -0.2) is 11.8 Å². The molecule has 1 aliphatic heterocycles. The number of rotatable bonds is 9. The Morgan fingerprint density at radius 3 is 0.873 bits per heavy atom. The molecule has 8 aromatic rings. The highest BCUT2D eigenvalue weighted by atomic mass is 16.2. The number of nitrogens with zero attached hydrogens (tertiary/aromatic N) is 3. The number of hydrogen-bond donors (Lipinski definition) is 0. The first-order chi connectivity index (χ1) is 27.1. The predicted molar refractivity (Wildman–Crippen MR) is 224 cm³/mol. The minimum Gasteiger partial charge on any atom is -0.311 e. The van der Waals surface area contributed by atoms with Gasteiger partial charge in [0.05, 0.1) is 16.8 Å². The summed E-state index contributed by atoms with van der Waals surface area (Å²) in [6, 6.07) is 70.9. The lowest BCUT2D eigenvalue weighted by atomic mass is 9.90. The van der Waals surface area contributed by atoms with Crippen LogP contribution >= 0.6 is 0 Å². The largest absolute Gasteiger partial charge is 0.311 e. The van der Waals surface area contributed by atoms with E-state index in [0.29, 0.717) is 16.8 Å². The van der Waals surface area contributed by atoms with Gasteiger partial charge in [-0.25, -0.2) is 4.90 Å². The molecule has 8 aromatic carbocycles. The second-order valence-corrected chi connectivity index (χ2v) is 13.3. The molecule has 9 rings (SSSR count). The number of hydrogen-bond acceptors (Lipinski definition) is 4. The highest BCUT2D eigenvalue weighted by Crippen LogP contribution is 2.42. The molecule has 0 bridgehead atoms. The highest BCUT2D eigenvalue weighted by Gasteiger charge is 2.38. The summed E-state index contributed by atoms with van der Waals surface area (Å²) in [4.78, 5) is 33.7. The zero-order valence-electron chi connectivity index (χ0n) is 29.9. The standard InChI is InChI=1S/C50H35N3O2/c54-49-47-34-45(36-26-30-43(31-27-36)51(38-16-6-1-7-17-38)39-18-8-2-9-19-39)46(35-48(47)50(55)53(49)42-24-14-5-15-25-42)37-28-32-44(33-29-37)52(40-20-10-3-11-21-40)41-22-12-4-13-23-41/h1-35H. The summed E-state index contributed by atoms with van der Waals surface area (Å²) in [5, 5.41) is 0. The molecule has 0 saturated carbocycles. The molecule has 1 aliphatic rings. The van der Waals surface area contributed by atoms with E-state index in [-0.39, 0.29) is 11.8 Å².